The quantitative estimate of drug-likeness (QED) is 0.0423. The molecule has 2 heterocycles. The van der Waals surface area contributed by atoms with Crippen molar-refractivity contribution in [2.45, 2.75) is 465 Å². The highest BCUT2D eigenvalue weighted by Gasteiger charge is 2.54. The Morgan fingerprint density at radius 1 is 0.247 bits per heavy atom. The maximum atomic E-state index is 14.8. The van der Waals surface area contributed by atoms with E-state index in [1.54, 1.807) is 0 Å². The lowest BCUT2D eigenvalue weighted by Crippen LogP contribution is -2.66. The molecule has 0 aliphatic carbocycles. The third-order valence-electron chi connectivity index (χ3n) is 20.4. The van der Waals surface area contributed by atoms with Crippen molar-refractivity contribution in [2.24, 2.45) is 11.8 Å². The van der Waals surface area contributed by atoms with Gasteiger partial charge in [0.2, 0.25) is 0 Å². The molecular formula is C84H162O13. The van der Waals surface area contributed by atoms with Crippen LogP contribution < -0.4 is 0 Å². The minimum atomic E-state index is -1.06. The van der Waals surface area contributed by atoms with Gasteiger partial charge in [0, 0.05) is 39.6 Å². The van der Waals surface area contributed by atoms with Crippen molar-refractivity contribution in [1.82, 2.24) is 0 Å². The number of rotatable bonds is 72. The van der Waals surface area contributed by atoms with Crippen LogP contribution in [0.5, 0.6) is 0 Å². The first-order chi connectivity index (χ1) is 47.7. The van der Waals surface area contributed by atoms with Crippen LogP contribution in [-0.4, -0.2) is 126 Å². The minimum Gasteiger partial charge on any atom is -0.463 e. The van der Waals surface area contributed by atoms with Gasteiger partial charge in [0.05, 0.1) is 11.8 Å². The second kappa shape index (κ2) is 66.5. The second-order valence-electron chi connectivity index (χ2n) is 29.5. The third-order valence-corrected chi connectivity index (χ3v) is 20.4. The highest BCUT2D eigenvalue weighted by Crippen LogP contribution is 2.37. The molecule has 0 N–H and O–H groups in total. The lowest BCUT2D eigenvalue weighted by Gasteiger charge is -2.49. The fourth-order valence-electron chi connectivity index (χ4n) is 13.8. The van der Waals surface area contributed by atoms with Crippen molar-refractivity contribution >= 4 is 11.9 Å². The maximum Gasteiger partial charge on any atom is 0.309 e. The van der Waals surface area contributed by atoms with Gasteiger partial charge in [-0.15, -0.1) is 0 Å². The van der Waals surface area contributed by atoms with Crippen LogP contribution in [0, 0.1) is 11.8 Å². The van der Waals surface area contributed by atoms with Crippen molar-refractivity contribution in [3.8, 4) is 0 Å². The fourth-order valence-corrected chi connectivity index (χ4v) is 13.8. The van der Waals surface area contributed by atoms with Crippen molar-refractivity contribution in [2.75, 3.05) is 52.9 Å². The van der Waals surface area contributed by atoms with E-state index >= 15 is 0 Å². The number of ether oxygens (including phenoxy) is 11. The van der Waals surface area contributed by atoms with E-state index in [0.29, 0.717) is 39.6 Å². The topological polar surface area (TPSA) is 136 Å². The van der Waals surface area contributed by atoms with Crippen LogP contribution in [0.1, 0.15) is 403 Å². The molecule has 10 atom stereocenters. The predicted molar refractivity (Wildman–Crippen MR) is 403 cm³/mol. The first-order valence-electron chi connectivity index (χ1n) is 42.7. The van der Waals surface area contributed by atoms with Gasteiger partial charge < -0.3 is 52.1 Å². The Bertz CT molecular complexity index is 1530. The van der Waals surface area contributed by atoms with Crippen molar-refractivity contribution < 1.29 is 61.7 Å². The highest BCUT2D eigenvalue weighted by atomic mass is 16.8. The van der Waals surface area contributed by atoms with Gasteiger partial charge in [0.25, 0.3) is 0 Å². The molecule has 2 aliphatic heterocycles. The Morgan fingerprint density at radius 2 is 0.443 bits per heavy atom. The molecule has 2 aliphatic rings. The molecule has 0 saturated carbocycles. The average molecular weight is 1380 g/mol. The van der Waals surface area contributed by atoms with Crippen molar-refractivity contribution in [3.05, 3.63) is 0 Å². The Balaban J connectivity index is 2.70. The van der Waals surface area contributed by atoms with Gasteiger partial charge in [-0.2, -0.15) is 0 Å². The number of carbonyl (C=O) groups excluding carboxylic acids is 2. The summed E-state index contributed by atoms with van der Waals surface area (Å²) in [4.78, 5) is 29.6. The molecule has 0 spiro atoms. The van der Waals surface area contributed by atoms with Crippen LogP contribution in [0.3, 0.4) is 0 Å². The molecule has 2 rings (SSSR count). The molecule has 0 aromatic rings. The first kappa shape index (κ1) is 91.7. The molecule has 2 fully saturated rings. The largest absolute Gasteiger partial charge is 0.463 e. The zero-order valence-corrected chi connectivity index (χ0v) is 65.7. The van der Waals surface area contributed by atoms with Gasteiger partial charge in [-0.3, -0.25) is 9.59 Å². The van der Waals surface area contributed by atoms with Crippen LogP contribution in [0.4, 0.5) is 0 Å². The Labute approximate surface area is 600 Å². The van der Waals surface area contributed by atoms with Gasteiger partial charge in [-0.25, -0.2) is 0 Å². The van der Waals surface area contributed by atoms with E-state index in [-0.39, 0.29) is 37.0 Å². The van der Waals surface area contributed by atoms with Crippen LogP contribution in [0.25, 0.3) is 0 Å². The summed E-state index contributed by atoms with van der Waals surface area (Å²) >= 11 is 0. The Hall–Kier alpha value is -1.42. The van der Waals surface area contributed by atoms with Crippen molar-refractivity contribution in [1.29, 1.82) is 0 Å². The van der Waals surface area contributed by atoms with Gasteiger partial charge in [0.15, 0.2) is 12.6 Å². The molecule has 13 nitrogen and oxygen atoms in total. The number of carbonyl (C=O) groups is 2. The molecular weight excluding hydrogens is 1220 g/mol. The van der Waals surface area contributed by atoms with E-state index < -0.39 is 61.4 Å². The summed E-state index contributed by atoms with van der Waals surface area (Å²) in [5.41, 5.74) is 0. The minimum absolute atomic E-state index is 0.0211. The molecule has 0 amide bonds. The summed E-state index contributed by atoms with van der Waals surface area (Å²) in [5, 5.41) is 0. The van der Waals surface area contributed by atoms with E-state index in [1.807, 2.05) is 0 Å². The predicted octanol–water partition coefficient (Wildman–Crippen LogP) is 23.6. The summed E-state index contributed by atoms with van der Waals surface area (Å²) < 4.78 is 77.0. The van der Waals surface area contributed by atoms with Crippen LogP contribution in [0.15, 0.2) is 0 Å². The van der Waals surface area contributed by atoms with Crippen molar-refractivity contribution in [3.63, 3.8) is 0 Å². The van der Waals surface area contributed by atoms with Crippen LogP contribution in [-0.2, 0) is 61.7 Å². The first-order valence-corrected chi connectivity index (χ1v) is 42.7. The summed E-state index contributed by atoms with van der Waals surface area (Å²) in [5.74, 6) is -0.685. The summed E-state index contributed by atoms with van der Waals surface area (Å²) in [6.45, 7) is 24.9. The molecule has 97 heavy (non-hydrogen) atoms. The normalized spacial score (nSPS) is 21.4. The molecule has 0 bridgehead atoms. The summed E-state index contributed by atoms with van der Waals surface area (Å²) in [6.07, 6.45) is 51.0. The third kappa shape index (κ3) is 44.8. The maximum absolute atomic E-state index is 14.8. The summed E-state index contributed by atoms with van der Waals surface area (Å²) in [7, 11) is 0. The molecule has 576 valence electrons. The Kier molecular flexibility index (Phi) is 62.9. The molecule has 2 saturated heterocycles. The molecule has 0 aromatic heterocycles. The molecule has 0 aromatic carbocycles. The smallest absolute Gasteiger partial charge is 0.309 e. The molecule has 13 heteroatoms. The SMILES string of the molecule is CCCCCCCCCCCC(CCCCCCCCCCC)C(=O)OCC1O[C@H](O[C@H]2OC(COC(=O)C(CCCCCCCCCCC)CCCCCCCCCCC)[C@@H](OCCCC)[C@H](OCCCC)C2OCCCC)C(OCCCC)[C@@H](OCCCC)[C@@H]1OCCCC. The second-order valence-corrected chi connectivity index (χ2v) is 29.5. The van der Waals surface area contributed by atoms with E-state index in [2.05, 4.69) is 69.2 Å². The lowest BCUT2D eigenvalue weighted by atomic mass is 9.93. The van der Waals surface area contributed by atoms with E-state index in [4.69, 9.17) is 52.1 Å². The van der Waals surface area contributed by atoms with E-state index in [1.165, 1.54) is 180 Å². The Morgan fingerprint density at radius 3 is 0.670 bits per heavy atom. The monoisotopic (exact) mass is 1380 g/mol. The standard InChI is InChI=1S/C84H162O13/c1-11-21-31-35-39-43-47-51-55-59-71(60-56-52-48-44-40-36-32-22-12-2)81(85)93-69-73-75(87-63-25-15-5)77(89-65-27-17-7)79(91-67-29-19-9)83(95-73)97-84-80(92-68-30-20-10)78(90-66-28-18-8)76(88-64-26-16-6)74(96-84)70-94-82(86)72(61-57-53-49-45-41-37-33-23-13-3)62-58-54-50-46-42-38-34-24-14-4/h71-80,83-84H,11-70H2,1-10H3/t73?,74?,75-,76-,77+,78+,79?,80?,83-,84-/m1/s1. The van der Waals surface area contributed by atoms with E-state index in [0.717, 1.165) is 154 Å². The van der Waals surface area contributed by atoms with E-state index in [9.17, 15) is 9.59 Å². The van der Waals surface area contributed by atoms with Crippen LogP contribution >= 0.6 is 0 Å². The number of esters is 2. The lowest BCUT2D eigenvalue weighted by molar-refractivity contribution is -0.390. The van der Waals surface area contributed by atoms with Gasteiger partial charge >= 0.3 is 11.9 Å². The van der Waals surface area contributed by atoms with Gasteiger partial charge in [0.1, 0.15) is 62.0 Å². The zero-order chi connectivity index (χ0) is 70.3. The average Bonchev–Trinajstić information content (AvgIpc) is 0.780. The van der Waals surface area contributed by atoms with Gasteiger partial charge in [-0.1, -0.05) is 339 Å². The highest BCUT2D eigenvalue weighted by molar-refractivity contribution is 5.72. The summed E-state index contributed by atoms with van der Waals surface area (Å²) in [6, 6.07) is 0. The van der Waals surface area contributed by atoms with Gasteiger partial charge in [-0.05, 0) is 64.2 Å². The molecule has 0 radical (unpaired) electrons. The number of unbranched alkanes of at least 4 members (excludes halogenated alkanes) is 38. The zero-order valence-electron chi connectivity index (χ0n) is 65.7. The fraction of sp³-hybridized carbons (Fsp3) is 0.976. The number of hydrogen-bond acceptors (Lipinski definition) is 13. The van der Waals surface area contributed by atoms with Crippen LogP contribution in [0.2, 0.25) is 0 Å². The number of hydrogen-bond donors (Lipinski definition) is 0. The molecule has 4 unspecified atom stereocenters.